The first-order valence-electron chi connectivity index (χ1n) is 6.30. The predicted octanol–water partition coefficient (Wildman–Crippen LogP) is 1.89. The highest BCUT2D eigenvalue weighted by Gasteiger charge is 1.96. The van der Waals surface area contributed by atoms with E-state index in [9.17, 15) is 0 Å². The Morgan fingerprint density at radius 2 is 2.00 bits per heavy atom. The molecule has 100 valence electrons. The van der Waals surface area contributed by atoms with E-state index < -0.39 is 0 Å². The van der Waals surface area contributed by atoms with Crippen LogP contribution >= 0.6 is 0 Å². The quantitative estimate of drug-likeness (QED) is 0.488. The van der Waals surface area contributed by atoms with Gasteiger partial charge in [0.1, 0.15) is 0 Å². The molecule has 0 amide bonds. The summed E-state index contributed by atoms with van der Waals surface area (Å²) in [5.41, 5.74) is 6.91. The maximum Gasteiger partial charge on any atom is 0.188 e. The number of aliphatic imine (C=N–C) groups is 1. The van der Waals surface area contributed by atoms with Gasteiger partial charge in [0, 0.05) is 13.7 Å². The number of nitrogens with two attached hydrogens (primary N) is 1. The first-order chi connectivity index (χ1) is 9.29. The van der Waals surface area contributed by atoms with Crippen molar-refractivity contribution in [2.45, 2.75) is 6.54 Å². The van der Waals surface area contributed by atoms with Crippen LogP contribution in [0, 0.1) is 0 Å². The molecule has 2 rings (SSSR count). The second kappa shape index (κ2) is 6.75. The molecule has 0 fully saturated rings. The van der Waals surface area contributed by atoms with E-state index in [-0.39, 0.29) is 0 Å². The first kappa shape index (κ1) is 13.4. The van der Waals surface area contributed by atoms with Gasteiger partial charge in [-0.05, 0) is 22.4 Å². The van der Waals surface area contributed by atoms with Gasteiger partial charge >= 0.3 is 0 Å². The largest absolute Gasteiger partial charge is 0.383 e. The minimum absolute atomic E-state index is 0.449. The molecule has 19 heavy (non-hydrogen) atoms. The normalized spacial score (nSPS) is 11.7. The number of ether oxygens (including phenoxy) is 1. The summed E-state index contributed by atoms with van der Waals surface area (Å²) in [5.74, 6) is 0.449. The molecule has 0 atom stereocenters. The third kappa shape index (κ3) is 3.96. The number of hydrogen-bond donors (Lipinski definition) is 2. The SMILES string of the molecule is COCCNC(N)=NCc1ccc2ccccc2c1. The number of guanidine groups is 1. The van der Waals surface area contributed by atoms with Crippen LogP contribution in [0.5, 0.6) is 0 Å². The highest BCUT2D eigenvalue weighted by atomic mass is 16.5. The molecule has 0 spiro atoms. The fraction of sp³-hybridized carbons (Fsp3) is 0.267. The van der Waals surface area contributed by atoms with Crippen LogP contribution in [-0.4, -0.2) is 26.2 Å². The van der Waals surface area contributed by atoms with E-state index in [1.807, 2.05) is 12.1 Å². The molecule has 0 saturated carbocycles. The first-order valence-corrected chi connectivity index (χ1v) is 6.30. The molecule has 4 heteroatoms. The van der Waals surface area contributed by atoms with Crippen LogP contribution < -0.4 is 11.1 Å². The Morgan fingerprint density at radius 1 is 1.21 bits per heavy atom. The summed E-state index contributed by atoms with van der Waals surface area (Å²) in [6.45, 7) is 1.87. The van der Waals surface area contributed by atoms with Crippen molar-refractivity contribution in [3.63, 3.8) is 0 Å². The van der Waals surface area contributed by atoms with Crippen molar-refractivity contribution >= 4 is 16.7 Å². The fourth-order valence-corrected chi connectivity index (χ4v) is 1.85. The molecule has 2 aromatic rings. The maximum absolute atomic E-state index is 5.76. The summed E-state index contributed by atoms with van der Waals surface area (Å²) >= 11 is 0. The third-order valence-corrected chi connectivity index (χ3v) is 2.86. The Balaban J connectivity index is 1.99. The molecule has 3 N–H and O–H groups in total. The molecular formula is C15H19N3O. The van der Waals surface area contributed by atoms with Gasteiger partial charge in [-0.25, -0.2) is 4.99 Å². The van der Waals surface area contributed by atoms with Crippen LogP contribution in [0.1, 0.15) is 5.56 Å². The van der Waals surface area contributed by atoms with Crippen molar-refractivity contribution in [1.29, 1.82) is 0 Å². The molecule has 0 unspecified atom stereocenters. The van der Waals surface area contributed by atoms with Gasteiger partial charge < -0.3 is 15.8 Å². The van der Waals surface area contributed by atoms with Crippen LogP contribution in [-0.2, 0) is 11.3 Å². The van der Waals surface area contributed by atoms with E-state index in [2.05, 4.69) is 40.6 Å². The van der Waals surface area contributed by atoms with Crippen molar-refractivity contribution in [2.24, 2.45) is 10.7 Å². The number of nitrogens with one attached hydrogen (secondary N) is 1. The molecule has 0 radical (unpaired) electrons. The summed E-state index contributed by atoms with van der Waals surface area (Å²) in [6.07, 6.45) is 0. The van der Waals surface area contributed by atoms with Crippen molar-refractivity contribution in [3.8, 4) is 0 Å². The zero-order chi connectivity index (χ0) is 13.5. The van der Waals surface area contributed by atoms with Gasteiger partial charge in [-0.15, -0.1) is 0 Å². The van der Waals surface area contributed by atoms with Gasteiger partial charge in [0.15, 0.2) is 5.96 Å². The predicted molar refractivity (Wildman–Crippen MR) is 79.2 cm³/mol. The Bertz CT molecular complexity index is 566. The molecule has 4 nitrogen and oxygen atoms in total. The number of hydrogen-bond acceptors (Lipinski definition) is 2. The van der Waals surface area contributed by atoms with Crippen LogP contribution in [0.25, 0.3) is 10.8 Å². The van der Waals surface area contributed by atoms with Gasteiger partial charge in [-0.1, -0.05) is 36.4 Å². The lowest BCUT2D eigenvalue weighted by atomic mass is 10.1. The fourth-order valence-electron chi connectivity index (χ4n) is 1.85. The summed E-state index contributed by atoms with van der Waals surface area (Å²) in [5, 5.41) is 5.45. The second-order valence-electron chi connectivity index (χ2n) is 4.30. The molecule has 0 aliphatic carbocycles. The number of nitrogens with zero attached hydrogens (tertiary/aromatic N) is 1. The number of benzene rings is 2. The highest BCUT2D eigenvalue weighted by molar-refractivity contribution is 5.83. The summed E-state index contributed by atoms with van der Waals surface area (Å²) in [6, 6.07) is 14.6. The molecule has 0 heterocycles. The van der Waals surface area contributed by atoms with Gasteiger partial charge in [-0.2, -0.15) is 0 Å². The monoisotopic (exact) mass is 257 g/mol. The Hall–Kier alpha value is -2.07. The van der Waals surface area contributed by atoms with Crippen molar-refractivity contribution < 1.29 is 4.74 Å². The molecule has 0 aromatic heterocycles. The van der Waals surface area contributed by atoms with Crippen molar-refractivity contribution in [1.82, 2.24) is 5.32 Å². The average molecular weight is 257 g/mol. The average Bonchev–Trinajstić information content (AvgIpc) is 2.45. The van der Waals surface area contributed by atoms with Crippen LogP contribution in [0.4, 0.5) is 0 Å². The minimum atomic E-state index is 0.449. The number of fused-ring (bicyclic) bond motifs is 1. The smallest absolute Gasteiger partial charge is 0.188 e. The van der Waals surface area contributed by atoms with Crippen molar-refractivity contribution in [2.75, 3.05) is 20.3 Å². The van der Waals surface area contributed by atoms with Crippen LogP contribution in [0.15, 0.2) is 47.5 Å². The highest BCUT2D eigenvalue weighted by Crippen LogP contribution is 2.15. The number of methoxy groups -OCH3 is 1. The topological polar surface area (TPSA) is 59.6 Å². The van der Waals surface area contributed by atoms with Gasteiger partial charge in [0.2, 0.25) is 0 Å². The van der Waals surface area contributed by atoms with Gasteiger partial charge in [-0.3, -0.25) is 0 Å². The van der Waals surface area contributed by atoms with E-state index in [0.29, 0.717) is 25.7 Å². The second-order valence-corrected chi connectivity index (χ2v) is 4.30. The van der Waals surface area contributed by atoms with E-state index in [1.165, 1.54) is 10.8 Å². The molecule has 0 aliphatic rings. The lowest BCUT2D eigenvalue weighted by Crippen LogP contribution is -2.34. The van der Waals surface area contributed by atoms with Crippen LogP contribution in [0.2, 0.25) is 0 Å². The van der Waals surface area contributed by atoms with Gasteiger partial charge in [0.05, 0.1) is 13.2 Å². The summed E-state index contributed by atoms with van der Waals surface area (Å²) < 4.78 is 4.93. The Kier molecular flexibility index (Phi) is 4.75. The summed E-state index contributed by atoms with van der Waals surface area (Å²) in [4.78, 5) is 4.30. The standard InChI is InChI=1S/C15H19N3O/c1-19-9-8-17-15(16)18-11-12-6-7-13-4-2-3-5-14(13)10-12/h2-7,10H,8-9,11H2,1H3,(H3,16,17,18). The minimum Gasteiger partial charge on any atom is -0.383 e. The van der Waals surface area contributed by atoms with Crippen LogP contribution in [0.3, 0.4) is 0 Å². The zero-order valence-electron chi connectivity index (χ0n) is 11.1. The van der Waals surface area contributed by atoms with E-state index in [1.54, 1.807) is 7.11 Å². The summed E-state index contributed by atoms with van der Waals surface area (Å²) in [7, 11) is 1.66. The zero-order valence-corrected chi connectivity index (χ0v) is 11.1. The molecule has 2 aromatic carbocycles. The third-order valence-electron chi connectivity index (χ3n) is 2.86. The lowest BCUT2D eigenvalue weighted by molar-refractivity contribution is 0.204. The molecule has 0 saturated heterocycles. The lowest BCUT2D eigenvalue weighted by Gasteiger charge is -2.05. The molecular weight excluding hydrogens is 238 g/mol. The van der Waals surface area contributed by atoms with E-state index in [4.69, 9.17) is 10.5 Å². The Morgan fingerprint density at radius 3 is 2.79 bits per heavy atom. The maximum atomic E-state index is 5.76. The van der Waals surface area contributed by atoms with E-state index in [0.717, 1.165) is 5.56 Å². The van der Waals surface area contributed by atoms with Crippen molar-refractivity contribution in [3.05, 3.63) is 48.0 Å². The van der Waals surface area contributed by atoms with E-state index >= 15 is 0 Å². The van der Waals surface area contributed by atoms with Gasteiger partial charge in [0.25, 0.3) is 0 Å². The number of rotatable bonds is 5. The molecule has 0 aliphatic heterocycles. The Labute approximate surface area is 113 Å². The molecule has 0 bridgehead atoms.